The summed E-state index contributed by atoms with van der Waals surface area (Å²) < 4.78 is 73.7. The number of benzene rings is 7. The van der Waals surface area contributed by atoms with Gasteiger partial charge >= 0.3 is 0 Å². The molecule has 5 nitrogen and oxygen atoms in total. The number of hydrogen-bond donors (Lipinski definition) is 0. The first kappa shape index (κ1) is 37.4. The molecular formula is C61H52IrN4OSSi-2. The van der Waals surface area contributed by atoms with Crippen molar-refractivity contribution in [3.05, 3.63) is 187 Å². The van der Waals surface area contributed by atoms with Gasteiger partial charge in [0.1, 0.15) is 16.0 Å². The molecule has 12 aromatic rings. The molecule has 0 saturated heterocycles. The summed E-state index contributed by atoms with van der Waals surface area (Å²) in [5.74, 6) is 0.734. The van der Waals surface area contributed by atoms with E-state index in [1.54, 1.807) is 24.4 Å². The number of fused-ring (bicyclic) bond motifs is 8. The van der Waals surface area contributed by atoms with Gasteiger partial charge in [0, 0.05) is 53.9 Å². The number of aryl methyl sites for hydroxylation is 2. The Kier molecular flexibility index (Phi) is 9.79. The molecule has 0 N–H and O–H groups in total. The van der Waals surface area contributed by atoms with Crippen LogP contribution in [-0.4, -0.2) is 27.6 Å². The maximum Gasteiger partial charge on any atom is 0.145 e. The monoisotopic (exact) mass is 1120 g/mol. The summed E-state index contributed by atoms with van der Waals surface area (Å²) in [5.41, 5.74) is 8.99. The molecule has 0 amide bonds. The number of nitrogens with zero attached hydrogens (tertiary/aromatic N) is 4. The summed E-state index contributed by atoms with van der Waals surface area (Å²) in [7, 11) is -1.81. The van der Waals surface area contributed by atoms with E-state index in [1.165, 1.54) is 17.4 Å². The number of imidazole rings is 1. The third-order valence-electron chi connectivity index (χ3n) is 12.2. The van der Waals surface area contributed by atoms with Gasteiger partial charge in [0.05, 0.1) is 36.0 Å². The quantitative estimate of drug-likeness (QED) is 0.123. The van der Waals surface area contributed by atoms with Crippen molar-refractivity contribution in [1.29, 1.82) is 0 Å². The van der Waals surface area contributed by atoms with Crippen molar-refractivity contribution in [1.82, 2.24) is 19.5 Å². The van der Waals surface area contributed by atoms with E-state index in [0.29, 0.717) is 21.7 Å². The van der Waals surface area contributed by atoms with Gasteiger partial charge < -0.3 is 14.0 Å². The molecule has 7 aromatic carbocycles. The van der Waals surface area contributed by atoms with Crippen molar-refractivity contribution in [2.45, 2.75) is 60.5 Å². The minimum absolute atomic E-state index is 0. The molecule has 5 aromatic heterocycles. The molecule has 0 aliphatic rings. The van der Waals surface area contributed by atoms with Gasteiger partial charge in [0.2, 0.25) is 0 Å². The first-order valence-electron chi connectivity index (χ1n) is 26.7. The molecule has 0 spiro atoms. The average molecular weight is 1120 g/mol. The Morgan fingerprint density at radius 1 is 0.768 bits per heavy atom. The summed E-state index contributed by atoms with van der Waals surface area (Å²) in [5, 5.41) is 7.14. The fourth-order valence-electron chi connectivity index (χ4n) is 9.10. The average Bonchev–Trinajstić information content (AvgIpc) is 4.31. The van der Waals surface area contributed by atoms with Crippen LogP contribution in [-0.2, 0) is 26.5 Å². The van der Waals surface area contributed by atoms with Crippen molar-refractivity contribution >= 4 is 88.6 Å². The molecule has 1 radical (unpaired) electrons. The van der Waals surface area contributed by atoms with Gasteiger partial charge in [-0.15, -0.1) is 53.6 Å². The van der Waals surface area contributed by atoms with Gasteiger partial charge in [0.15, 0.2) is 0 Å². The number of thiophene rings is 1. The molecule has 0 aliphatic heterocycles. The minimum atomic E-state index is -2.29. The fourth-order valence-corrected chi connectivity index (χ4v) is 11.7. The Labute approximate surface area is 433 Å². The molecule has 12 rings (SSSR count). The molecule has 69 heavy (non-hydrogen) atoms. The van der Waals surface area contributed by atoms with Crippen LogP contribution in [0, 0.1) is 31.3 Å². The maximum absolute atomic E-state index is 8.79. The van der Waals surface area contributed by atoms with Crippen LogP contribution >= 0.6 is 11.3 Å². The molecule has 0 unspecified atom stereocenters. The minimum Gasteiger partial charge on any atom is -0.455 e. The molecule has 8 heteroatoms. The Balaban J connectivity index is 0.000000206. The summed E-state index contributed by atoms with van der Waals surface area (Å²) in [6.07, 6.45) is 0.269. The van der Waals surface area contributed by atoms with Gasteiger partial charge in [-0.05, 0) is 92.3 Å². The smallest absolute Gasteiger partial charge is 0.145 e. The second-order valence-corrected chi connectivity index (χ2v) is 25.3. The van der Waals surface area contributed by atoms with Gasteiger partial charge in [0.25, 0.3) is 0 Å². The van der Waals surface area contributed by atoms with Crippen LogP contribution in [0.5, 0.6) is 0 Å². The summed E-state index contributed by atoms with van der Waals surface area (Å²) in [6, 6.07) is 55.9. The number of rotatable bonds is 6. The maximum atomic E-state index is 8.79. The van der Waals surface area contributed by atoms with Crippen molar-refractivity contribution in [2.75, 3.05) is 0 Å². The first-order chi connectivity index (χ1) is 36.0. The van der Waals surface area contributed by atoms with E-state index in [2.05, 4.69) is 107 Å². The van der Waals surface area contributed by atoms with Crippen LogP contribution in [0.3, 0.4) is 0 Å². The normalized spacial score (nSPS) is 14.3. The van der Waals surface area contributed by atoms with Gasteiger partial charge in [-0.25, -0.2) is 4.98 Å². The van der Waals surface area contributed by atoms with Crippen LogP contribution < -0.4 is 5.19 Å². The van der Waals surface area contributed by atoms with E-state index in [4.69, 9.17) is 20.4 Å². The molecule has 343 valence electrons. The Morgan fingerprint density at radius 2 is 1.55 bits per heavy atom. The molecule has 0 bridgehead atoms. The molecule has 0 saturated carbocycles. The summed E-state index contributed by atoms with van der Waals surface area (Å²) in [4.78, 5) is 15.2. The van der Waals surface area contributed by atoms with Crippen LogP contribution in [0.2, 0.25) is 19.6 Å². The van der Waals surface area contributed by atoms with Crippen LogP contribution in [0.15, 0.2) is 162 Å². The zero-order valence-corrected chi connectivity index (χ0v) is 43.2. The zero-order valence-electron chi connectivity index (χ0n) is 46.9. The van der Waals surface area contributed by atoms with E-state index in [1.807, 2.05) is 87.5 Å². The van der Waals surface area contributed by atoms with Crippen LogP contribution in [0.4, 0.5) is 0 Å². The molecule has 0 atom stereocenters. The first-order valence-corrected chi connectivity index (χ1v) is 27.0. The summed E-state index contributed by atoms with van der Waals surface area (Å²) in [6.45, 7) is 7.80. The Hall–Kier alpha value is -6.54. The Morgan fingerprint density at radius 3 is 2.30 bits per heavy atom. The number of para-hydroxylation sites is 1. The molecule has 5 heterocycles. The van der Waals surface area contributed by atoms with Gasteiger partial charge in [-0.3, -0.25) is 4.98 Å². The topological polar surface area (TPSA) is 56.7 Å². The van der Waals surface area contributed by atoms with E-state index in [-0.39, 0.29) is 31.4 Å². The van der Waals surface area contributed by atoms with Crippen LogP contribution in [0.1, 0.15) is 48.6 Å². The SMILES string of the molecule is [2H]C([2H])([2H])c1c[c-]c(-c2cc(C([2H])([2H])C(C)(C)C)c([Si](C)(C)C)cn2)cc1.[2H]C([2H])([2H])c1ccc2c(n1)sc1c(-c3nc4cc5ccccc5cc4n3-c3ccc(-c4ccccc4)c4oc5ccccc5c34)[c-]ccc12.[Ir]. The van der Waals surface area contributed by atoms with Crippen molar-refractivity contribution in [2.24, 2.45) is 5.41 Å². The molecule has 0 aliphatic carbocycles. The Bertz CT molecular complexity index is 4210. The van der Waals surface area contributed by atoms with E-state index >= 15 is 0 Å². The number of furan rings is 1. The number of hydrogen-bond acceptors (Lipinski definition) is 5. The third-order valence-corrected chi connectivity index (χ3v) is 15.3. The third kappa shape index (κ3) is 8.76. The zero-order chi connectivity index (χ0) is 53.7. The van der Waals surface area contributed by atoms with E-state index in [0.717, 1.165) is 92.6 Å². The predicted molar refractivity (Wildman–Crippen MR) is 290 cm³/mol. The number of pyridine rings is 2. The van der Waals surface area contributed by atoms with Crippen LogP contribution in [0.25, 0.3) is 104 Å². The largest absolute Gasteiger partial charge is 0.455 e. The van der Waals surface area contributed by atoms with E-state index < -0.39 is 33.6 Å². The number of aromatic nitrogens is 4. The van der Waals surface area contributed by atoms with E-state index in [9.17, 15) is 0 Å². The standard InChI is InChI=1S/C41H24N3OS.C20H28NSi.Ir/c1-24-18-19-30-29-15-9-16-32(39(29)46-41(30)42-24)40-43-33-22-26-12-5-6-13-27(26)23-35(33)44(40)34-21-20-28(25-10-3-2-4-11-25)38-37(34)31-14-7-8-17-36(31)45-38;1-15-8-10-16(11-9-15)18-12-17(13-20(2,3)4)19(14-21-18)22(5,6)7;/h2-15,17-23H,1H3;8-10,12,14H,13H2,1-7H3;/q2*-1;/i1D3;1D3,13D2;. The second kappa shape index (κ2) is 18.1. The van der Waals surface area contributed by atoms with Crippen molar-refractivity contribution < 1.29 is 35.5 Å². The second-order valence-electron chi connectivity index (χ2n) is 19.2. The predicted octanol–water partition coefficient (Wildman–Crippen LogP) is 16.3. The summed E-state index contributed by atoms with van der Waals surface area (Å²) >= 11 is 1.47. The van der Waals surface area contributed by atoms with Crippen molar-refractivity contribution in [3.63, 3.8) is 0 Å². The fraction of sp³-hybridized carbons (Fsp3) is 0.164. The van der Waals surface area contributed by atoms with Gasteiger partial charge in [-0.2, -0.15) is 11.3 Å². The molecular weight excluding hydrogens is 1060 g/mol. The molecule has 0 fully saturated rings. The van der Waals surface area contributed by atoms with Crippen molar-refractivity contribution in [3.8, 4) is 39.5 Å². The van der Waals surface area contributed by atoms with Gasteiger partial charge in [-0.1, -0.05) is 149 Å².